The lowest BCUT2D eigenvalue weighted by molar-refractivity contribution is -0.114. The highest BCUT2D eigenvalue weighted by Crippen LogP contribution is 2.33. The van der Waals surface area contributed by atoms with Crippen LogP contribution < -0.4 is 10.2 Å². The minimum absolute atomic E-state index is 0.0123. The SMILES string of the molecule is CC(=O)Nc1ccc(-c2oc(-c3ccc(C(C)(C)C)cc3)nc2C(=O)N(C)c2ccc(Cl)cc2)cc1. The Labute approximate surface area is 215 Å². The Morgan fingerprint density at radius 3 is 2.03 bits per heavy atom. The second kappa shape index (κ2) is 9.99. The van der Waals surface area contributed by atoms with Crippen LogP contribution in [0.25, 0.3) is 22.8 Å². The van der Waals surface area contributed by atoms with Crippen LogP contribution in [0.2, 0.25) is 5.02 Å². The zero-order valence-corrected chi connectivity index (χ0v) is 21.7. The van der Waals surface area contributed by atoms with Crippen molar-refractivity contribution in [2.24, 2.45) is 0 Å². The zero-order valence-electron chi connectivity index (χ0n) is 20.9. The normalized spacial score (nSPS) is 11.3. The van der Waals surface area contributed by atoms with E-state index in [1.807, 2.05) is 24.3 Å². The lowest BCUT2D eigenvalue weighted by Crippen LogP contribution is -2.27. The number of benzene rings is 3. The van der Waals surface area contributed by atoms with E-state index < -0.39 is 0 Å². The molecule has 36 heavy (non-hydrogen) atoms. The van der Waals surface area contributed by atoms with Crippen molar-refractivity contribution in [1.82, 2.24) is 4.98 Å². The first-order chi connectivity index (χ1) is 17.0. The Kier molecular flexibility index (Phi) is 7.00. The molecule has 1 heterocycles. The molecule has 0 aliphatic rings. The molecule has 7 heteroatoms. The number of halogens is 1. The average molecular weight is 502 g/mol. The van der Waals surface area contributed by atoms with Crippen molar-refractivity contribution in [2.75, 3.05) is 17.3 Å². The van der Waals surface area contributed by atoms with Crippen molar-refractivity contribution in [1.29, 1.82) is 0 Å². The number of amides is 2. The van der Waals surface area contributed by atoms with Crippen molar-refractivity contribution >= 4 is 34.8 Å². The van der Waals surface area contributed by atoms with Crippen LogP contribution >= 0.6 is 11.6 Å². The van der Waals surface area contributed by atoms with Gasteiger partial charge in [0.25, 0.3) is 5.91 Å². The van der Waals surface area contributed by atoms with Crippen LogP contribution in [0.1, 0.15) is 43.7 Å². The van der Waals surface area contributed by atoms with Crippen molar-refractivity contribution in [3.05, 3.63) is 89.1 Å². The van der Waals surface area contributed by atoms with Crippen LogP contribution in [0.15, 0.2) is 77.2 Å². The number of rotatable bonds is 5. The zero-order chi connectivity index (χ0) is 26.0. The van der Waals surface area contributed by atoms with Crippen LogP contribution in [-0.2, 0) is 10.2 Å². The Balaban J connectivity index is 1.76. The molecule has 1 aromatic heterocycles. The fraction of sp³-hybridized carbons (Fsp3) is 0.207. The Bertz CT molecular complexity index is 1380. The van der Waals surface area contributed by atoms with Crippen molar-refractivity contribution in [3.63, 3.8) is 0 Å². The van der Waals surface area contributed by atoms with E-state index in [9.17, 15) is 9.59 Å². The number of carbonyl (C=O) groups is 2. The van der Waals surface area contributed by atoms with Gasteiger partial charge in [0.15, 0.2) is 11.5 Å². The van der Waals surface area contributed by atoms with E-state index in [1.54, 1.807) is 55.6 Å². The van der Waals surface area contributed by atoms with Gasteiger partial charge in [-0.1, -0.05) is 44.5 Å². The number of carbonyl (C=O) groups excluding carboxylic acids is 2. The van der Waals surface area contributed by atoms with E-state index in [0.717, 1.165) is 5.56 Å². The molecule has 2 amide bonds. The third-order valence-electron chi connectivity index (χ3n) is 5.81. The van der Waals surface area contributed by atoms with E-state index in [1.165, 1.54) is 17.4 Å². The molecule has 0 unspecified atom stereocenters. The van der Waals surface area contributed by atoms with Gasteiger partial charge in [-0.25, -0.2) is 4.98 Å². The number of hydrogen-bond donors (Lipinski definition) is 1. The largest absolute Gasteiger partial charge is 0.435 e. The number of aromatic nitrogens is 1. The second-order valence-electron chi connectivity index (χ2n) is 9.62. The molecule has 0 radical (unpaired) electrons. The lowest BCUT2D eigenvalue weighted by Gasteiger charge is -2.18. The van der Waals surface area contributed by atoms with Gasteiger partial charge in [0, 0.05) is 41.5 Å². The maximum Gasteiger partial charge on any atom is 0.280 e. The molecule has 4 rings (SSSR count). The third-order valence-corrected chi connectivity index (χ3v) is 6.07. The molecule has 4 aromatic rings. The summed E-state index contributed by atoms with van der Waals surface area (Å²) in [6, 6.07) is 22.1. The molecule has 0 aliphatic heterocycles. The quantitative estimate of drug-likeness (QED) is 0.314. The molecule has 0 bridgehead atoms. The van der Waals surface area contributed by atoms with Gasteiger partial charge in [0.2, 0.25) is 11.8 Å². The second-order valence-corrected chi connectivity index (χ2v) is 10.1. The summed E-state index contributed by atoms with van der Waals surface area (Å²) in [5, 5.41) is 3.33. The van der Waals surface area contributed by atoms with E-state index in [0.29, 0.717) is 33.6 Å². The number of hydrogen-bond acceptors (Lipinski definition) is 4. The predicted octanol–water partition coefficient (Wildman–Crippen LogP) is 7.19. The summed E-state index contributed by atoms with van der Waals surface area (Å²) in [6.07, 6.45) is 0. The molecule has 0 spiro atoms. The van der Waals surface area contributed by atoms with Gasteiger partial charge in [0.1, 0.15) is 0 Å². The van der Waals surface area contributed by atoms with E-state index >= 15 is 0 Å². The smallest absolute Gasteiger partial charge is 0.280 e. The maximum atomic E-state index is 13.6. The summed E-state index contributed by atoms with van der Waals surface area (Å²) in [7, 11) is 1.68. The van der Waals surface area contributed by atoms with E-state index in [2.05, 4.69) is 31.1 Å². The number of nitrogens with zero attached hydrogens (tertiary/aromatic N) is 2. The highest BCUT2D eigenvalue weighted by atomic mass is 35.5. The molecule has 184 valence electrons. The molecular formula is C29H28ClN3O3. The topological polar surface area (TPSA) is 75.4 Å². The molecule has 6 nitrogen and oxygen atoms in total. The first kappa shape index (κ1) is 25.2. The third kappa shape index (κ3) is 5.50. The van der Waals surface area contributed by atoms with E-state index in [-0.39, 0.29) is 22.9 Å². The van der Waals surface area contributed by atoms with Crippen molar-refractivity contribution in [2.45, 2.75) is 33.1 Å². The standard InChI is InChI=1S/C29H28ClN3O3/c1-18(34)31-23-14-8-19(9-15-23)26-25(28(35)33(5)24-16-12-22(30)13-17-24)32-27(36-26)20-6-10-21(11-7-20)29(2,3)4/h6-17H,1-5H3,(H,31,34). The van der Waals surface area contributed by atoms with Gasteiger partial charge < -0.3 is 14.6 Å². The van der Waals surface area contributed by atoms with Gasteiger partial charge in [-0.2, -0.15) is 0 Å². The highest BCUT2D eigenvalue weighted by molar-refractivity contribution is 6.30. The molecule has 0 atom stereocenters. The Morgan fingerprint density at radius 2 is 1.47 bits per heavy atom. The first-order valence-corrected chi connectivity index (χ1v) is 11.9. The monoisotopic (exact) mass is 501 g/mol. The van der Waals surface area contributed by atoms with Gasteiger partial charge >= 0.3 is 0 Å². The highest BCUT2D eigenvalue weighted by Gasteiger charge is 2.26. The molecule has 3 aromatic carbocycles. The molecule has 0 saturated heterocycles. The molecule has 0 saturated carbocycles. The van der Waals surface area contributed by atoms with E-state index in [4.69, 9.17) is 16.0 Å². The number of anilines is 2. The first-order valence-electron chi connectivity index (χ1n) is 11.6. The maximum absolute atomic E-state index is 13.6. The van der Waals surface area contributed by atoms with Crippen LogP contribution in [0, 0.1) is 0 Å². The molecular weight excluding hydrogens is 474 g/mol. The number of nitrogens with one attached hydrogen (secondary N) is 1. The van der Waals surface area contributed by atoms with Gasteiger partial charge in [0.05, 0.1) is 0 Å². The summed E-state index contributed by atoms with van der Waals surface area (Å²) < 4.78 is 6.19. The minimum atomic E-state index is -0.320. The predicted molar refractivity (Wildman–Crippen MR) is 145 cm³/mol. The van der Waals surface area contributed by atoms with Gasteiger partial charge in [-0.05, 0) is 71.6 Å². The molecule has 1 N–H and O–H groups in total. The average Bonchev–Trinajstić information content (AvgIpc) is 3.29. The number of oxazole rings is 1. The van der Waals surface area contributed by atoms with Crippen LogP contribution in [0.3, 0.4) is 0 Å². The fourth-order valence-electron chi connectivity index (χ4n) is 3.75. The van der Waals surface area contributed by atoms with Crippen LogP contribution in [-0.4, -0.2) is 23.8 Å². The fourth-order valence-corrected chi connectivity index (χ4v) is 3.87. The Morgan fingerprint density at radius 1 is 0.889 bits per heavy atom. The van der Waals surface area contributed by atoms with Gasteiger partial charge in [-0.3, -0.25) is 9.59 Å². The summed E-state index contributed by atoms with van der Waals surface area (Å²) in [4.78, 5) is 31.1. The van der Waals surface area contributed by atoms with Crippen LogP contribution in [0.5, 0.6) is 0 Å². The summed E-state index contributed by atoms with van der Waals surface area (Å²) in [5.41, 5.74) is 4.15. The van der Waals surface area contributed by atoms with Gasteiger partial charge in [-0.15, -0.1) is 0 Å². The Hall–Kier alpha value is -3.90. The van der Waals surface area contributed by atoms with Crippen molar-refractivity contribution < 1.29 is 14.0 Å². The summed E-state index contributed by atoms with van der Waals surface area (Å²) in [5.74, 6) is 0.220. The molecule has 0 aliphatic carbocycles. The summed E-state index contributed by atoms with van der Waals surface area (Å²) in [6.45, 7) is 7.91. The minimum Gasteiger partial charge on any atom is -0.435 e. The molecule has 0 fully saturated rings. The summed E-state index contributed by atoms with van der Waals surface area (Å²) >= 11 is 6.02. The van der Waals surface area contributed by atoms with Crippen molar-refractivity contribution in [3.8, 4) is 22.8 Å². The van der Waals surface area contributed by atoms with Crippen LogP contribution in [0.4, 0.5) is 11.4 Å². The lowest BCUT2D eigenvalue weighted by atomic mass is 9.87.